The first-order valence-electron chi connectivity index (χ1n) is 8.96. The summed E-state index contributed by atoms with van der Waals surface area (Å²) in [5.41, 5.74) is 1.78. The second-order valence-corrected chi connectivity index (χ2v) is 7.52. The average Bonchev–Trinajstić information content (AvgIpc) is 3.10. The van der Waals surface area contributed by atoms with E-state index in [9.17, 15) is 19.7 Å². The molecule has 152 valence electrons. The summed E-state index contributed by atoms with van der Waals surface area (Å²) in [5.74, 6) is -0.612. The van der Waals surface area contributed by atoms with Crippen LogP contribution in [0.2, 0.25) is 0 Å². The third kappa shape index (κ3) is 3.85. The number of aryl methyl sites for hydroxylation is 1. The number of nitro groups is 1. The maximum atomic E-state index is 12.6. The van der Waals surface area contributed by atoms with Crippen molar-refractivity contribution in [3.63, 3.8) is 0 Å². The van der Waals surface area contributed by atoms with Crippen LogP contribution in [0.1, 0.15) is 5.69 Å². The molecule has 4 rings (SSSR count). The van der Waals surface area contributed by atoms with E-state index in [-0.39, 0.29) is 24.5 Å². The van der Waals surface area contributed by atoms with Gasteiger partial charge < -0.3 is 10.1 Å². The van der Waals surface area contributed by atoms with Gasteiger partial charge in [-0.2, -0.15) is 0 Å². The zero-order valence-electron chi connectivity index (χ0n) is 15.8. The van der Waals surface area contributed by atoms with Gasteiger partial charge in [-0.05, 0) is 18.6 Å². The van der Waals surface area contributed by atoms with E-state index >= 15 is 0 Å². The third-order valence-corrected chi connectivity index (χ3v) is 5.60. The summed E-state index contributed by atoms with van der Waals surface area (Å²) in [6.07, 6.45) is 0. The van der Waals surface area contributed by atoms with E-state index in [4.69, 9.17) is 4.74 Å². The fourth-order valence-electron chi connectivity index (χ4n) is 3.09. The molecule has 1 aliphatic heterocycles. The highest BCUT2D eigenvalue weighted by molar-refractivity contribution is 7.19. The van der Waals surface area contributed by atoms with E-state index in [1.807, 2.05) is 37.3 Å². The highest BCUT2D eigenvalue weighted by atomic mass is 32.1. The minimum Gasteiger partial charge on any atom is -0.482 e. The van der Waals surface area contributed by atoms with Crippen LogP contribution >= 0.6 is 11.3 Å². The number of nitrogens with zero attached hydrogens (tertiary/aromatic N) is 3. The van der Waals surface area contributed by atoms with Gasteiger partial charge in [-0.1, -0.05) is 41.7 Å². The maximum Gasteiger partial charge on any atom is 0.271 e. The van der Waals surface area contributed by atoms with Gasteiger partial charge in [0.05, 0.1) is 21.2 Å². The highest BCUT2D eigenvalue weighted by Crippen LogP contribution is 2.36. The number of ether oxygens (including phenoxy) is 1. The molecule has 9 nitrogen and oxygen atoms in total. The Kier molecular flexibility index (Phi) is 5.15. The fraction of sp³-hybridized carbons (Fsp3) is 0.150. The lowest BCUT2D eigenvalue weighted by Crippen LogP contribution is -2.43. The monoisotopic (exact) mass is 424 g/mol. The van der Waals surface area contributed by atoms with Crippen molar-refractivity contribution in [1.82, 2.24) is 4.98 Å². The second kappa shape index (κ2) is 7.91. The molecule has 0 unspecified atom stereocenters. The second-order valence-electron chi connectivity index (χ2n) is 6.53. The topological polar surface area (TPSA) is 115 Å². The molecule has 0 radical (unpaired) electrons. The predicted octanol–water partition coefficient (Wildman–Crippen LogP) is 3.39. The molecule has 1 N–H and O–H groups in total. The number of carbonyl (C=O) groups excluding carboxylic acids is 2. The first-order valence-corrected chi connectivity index (χ1v) is 9.78. The standard InChI is InChI=1S/C20H16N4O5S/c1-12-19(13-5-3-2-4-6-13)30-20(21-12)22-17(25)10-23-15-9-14(24(27)28)7-8-16(15)29-11-18(23)26/h2-9H,10-11H2,1H3,(H,21,22,25). The van der Waals surface area contributed by atoms with Crippen molar-refractivity contribution in [2.75, 3.05) is 23.4 Å². The van der Waals surface area contributed by atoms with Gasteiger partial charge in [-0.15, -0.1) is 0 Å². The molecular formula is C20H16N4O5S. The first kappa shape index (κ1) is 19.5. The van der Waals surface area contributed by atoms with Gasteiger partial charge in [-0.3, -0.25) is 24.6 Å². The largest absolute Gasteiger partial charge is 0.482 e. The number of nitrogens with one attached hydrogen (secondary N) is 1. The number of hydrogen-bond acceptors (Lipinski definition) is 7. The van der Waals surface area contributed by atoms with E-state index in [0.717, 1.165) is 16.1 Å². The first-order chi connectivity index (χ1) is 14.4. The smallest absolute Gasteiger partial charge is 0.271 e. The van der Waals surface area contributed by atoms with Crippen molar-refractivity contribution < 1.29 is 19.2 Å². The number of hydrogen-bond donors (Lipinski definition) is 1. The van der Waals surface area contributed by atoms with Gasteiger partial charge in [0.15, 0.2) is 11.7 Å². The number of nitro benzene ring substituents is 1. The normalized spacial score (nSPS) is 12.8. The van der Waals surface area contributed by atoms with Crippen LogP contribution in [0.4, 0.5) is 16.5 Å². The minimum absolute atomic E-state index is 0.191. The maximum absolute atomic E-state index is 12.6. The van der Waals surface area contributed by atoms with E-state index in [2.05, 4.69) is 10.3 Å². The van der Waals surface area contributed by atoms with Crippen molar-refractivity contribution in [1.29, 1.82) is 0 Å². The summed E-state index contributed by atoms with van der Waals surface area (Å²) < 4.78 is 5.31. The van der Waals surface area contributed by atoms with E-state index in [1.165, 1.54) is 34.4 Å². The molecule has 0 spiro atoms. The van der Waals surface area contributed by atoms with Gasteiger partial charge in [-0.25, -0.2) is 4.98 Å². The zero-order valence-corrected chi connectivity index (χ0v) is 16.6. The minimum atomic E-state index is -0.568. The van der Waals surface area contributed by atoms with Gasteiger partial charge in [0.25, 0.3) is 11.6 Å². The summed E-state index contributed by atoms with van der Waals surface area (Å²) in [6, 6.07) is 13.6. The Labute approximate surface area is 175 Å². The predicted molar refractivity (Wildman–Crippen MR) is 112 cm³/mol. The molecule has 0 atom stereocenters. The SMILES string of the molecule is Cc1nc(NC(=O)CN2C(=O)COc3ccc([N+](=O)[O-])cc32)sc1-c1ccccc1. The van der Waals surface area contributed by atoms with Crippen LogP contribution in [0.3, 0.4) is 0 Å². The van der Waals surface area contributed by atoms with Gasteiger partial charge in [0.1, 0.15) is 12.3 Å². The Bertz CT molecular complexity index is 1150. The highest BCUT2D eigenvalue weighted by Gasteiger charge is 2.29. The summed E-state index contributed by atoms with van der Waals surface area (Å²) >= 11 is 1.34. The number of fused-ring (bicyclic) bond motifs is 1. The molecule has 0 aliphatic carbocycles. The number of non-ortho nitro benzene ring substituents is 1. The number of anilines is 2. The van der Waals surface area contributed by atoms with Crippen LogP contribution in [-0.4, -0.2) is 34.9 Å². The third-order valence-electron chi connectivity index (χ3n) is 4.48. The molecule has 10 heteroatoms. The summed E-state index contributed by atoms with van der Waals surface area (Å²) in [5, 5.41) is 14.2. The van der Waals surface area contributed by atoms with Crippen molar-refractivity contribution in [3.05, 3.63) is 64.3 Å². The molecule has 1 aliphatic rings. The number of aromatic nitrogens is 1. The summed E-state index contributed by atoms with van der Waals surface area (Å²) in [7, 11) is 0. The molecule has 2 amide bonds. The zero-order chi connectivity index (χ0) is 21.3. The quantitative estimate of drug-likeness (QED) is 0.496. The van der Waals surface area contributed by atoms with Crippen molar-refractivity contribution in [2.24, 2.45) is 0 Å². The molecule has 0 fully saturated rings. The molecule has 2 heterocycles. The van der Waals surface area contributed by atoms with Crippen LogP contribution in [0.5, 0.6) is 5.75 Å². The van der Waals surface area contributed by atoms with E-state index < -0.39 is 16.7 Å². The van der Waals surface area contributed by atoms with Crippen LogP contribution in [-0.2, 0) is 9.59 Å². The Hall–Kier alpha value is -3.79. The van der Waals surface area contributed by atoms with E-state index in [1.54, 1.807) is 0 Å². The lowest BCUT2D eigenvalue weighted by atomic mass is 10.2. The van der Waals surface area contributed by atoms with Gasteiger partial charge in [0.2, 0.25) is 5.91 Å². The number of amides is 2. The fourth-order valence-corrected chi connectivity index (χ4v) is 4.08. The van der Waals surface area contributed by atoms with Crippen molar-refractivity contribution in [3.8, 4) is 16.2 Å². The Morgan fingerprint density at radius 3 is 2.80 bits per heavy atom. The Morgan fingerprint density at radius 1 is 1.30 bits per heavy atom. The van der Waals surface area contributed by atoms with Gasteiger partial charge >= 0.3 is 0 Å². The van der Waals surface area contributed by atoms with Crippen LogP contribution < -0.4 is 15.0 Å². The molecule has 1 aromatic heterocycles. The van der Waals surface area contributed by atoms with Crippen molar-refractivity contribution >= 4 is 39.7 Å². The number of benzene rings is 2. The summed E-state index contributed by atoms with van der Waals surface area (Å²) in [4.78, 5) is 41.9. The molecular weight excluding hydrogens is 408 g/mol. The van der Waals surface area contributed by atoms with Crippen LogP contribution in [0, 0.1) is 17.0 Å². The molecule has 0 bridgehead atoms. The number of rotatable bonds is 5. The number of carbonyl (C=O) groups is 2. The van der Waals surface area contributed by atoms with E-state index in [0.29, 0.717) is 10.9 Å². The Morgan fingerprint density at radius 2 is 2.07 bits per heavy atom. The molecule has 30 heavy (non-hydrogen) atoms. The molecule has 3 aromatic rings. The van der Waals surface area contributed by atoms with Gasteiger partial charge in [0, 0.05) is 12.1 Å². The summed E-state index contributed by atoms with van der Waals surface area (Å²) in [6.45, 7) is 1.30. The van der Waals surface area contributed by atoms with Crippen molar-refractivity contribution in [2.45, 2.75) is 6.92 Å². The lowest BCUT2D eigenvalue weighted by Gasteiger charge is -2.28. The number of thiazole rings is 1. The Balaban J connectivity index is 1.53. The van der Waals surface area contributed by atoms with Crippen LogP contribution in [0.25, 0.3) is 10.4 Å². The van der Waals surface area contributed by atoms with Crippen LogP contribution in [0.15, 0.2) is 48.5 Å². The average molecular weight is 424 g/mol. The lowest BCUT2D eigenvalue weighted by molar-refractivity contribution is -0.384. The molecule has 0 saturated heterocycles. The molecule has 2 aromatic carbocycles. The molecule has 0 saturated carbocycles.